The molecular weight excluding hydrogens is 920 g/mol. The van der Waals surface area contributed by atoms with Gasteiger partial charge in [0.2, 0.25) is 0 Å². The number of nitrogens with zero attached hydrogens (tertiary/aromatic N) is 15. The third kappa shape index (κ3) is 7.32. The van der Waals surface area contributed by atoms with Gasteiger partial charge < -0.3 is 0 Å². The van der Waals surface area contributed by atoms with Crippen molar-refractivity contribution < 1.29 is 31.1 Å². The van der Waals surface area contributed by atoms with Crippen LogP contribution in [0.1, 0.15) is 0 Å². The van der Waals surface area contributed by atoms with Gasteiger partial charge in [-0.15, -0.1) is 0 Å². The van der Waals surface area contributed by atoms with E-state index < -0.39 is 30.4 Å². The Morgan fingerprint density at radius 3 is 0.785 bits per heavy atom. The predicted octanol–water partition coefficient (Wildman–Crippen LogP) is 5.63. The standard InChI is InChI=1S/C36H66N18O7P4/c1-46(2)63(47(3)4,48(5)6,56-31-25-19-22-28-34(31)40-43-37-28)59-62(55,60-64(49(7)8,50(9)10,51(11)12)57-32-26-20-23-29-35(32)41-44-38-29)61-65(52(13)14,53(15)16,54(17)18)58-33-27-21-24-30-36(33)42-45-39-30/h19-27H,1-18H3,(H,37,40,43)(H,38,41,44)(H,39,42,45). The van der Waals surface area contributed by atoms with Crippen molar-refractivity contribution in [3.63, 3.8) is 0 Å². The summed E-state index contributed by atoms with van der Waals surface area (Å²) in [5.41, 5.74) is 2.74. The van der Waals surface area contributed by atoms with Gasteiger partial charge in [0, 0.05) is 0 Å². The summed E-state index contributed by atoms with van der Waals surface area (Å²) in [7, 11) is 10.8. The molecule has 0 fully saturated rings. The Bertz CT molecular complexity index is 2330. The van der Waals surface area contributed by atoms with Gasteiger partial charge in [-0.3, -0.25) is 0 Å². The van der Waals surface area contributed by atoms with Gasteiger partial charge in [0.1, 0.15) is 0 Å². The van der Waals surface area contributed by atoms with Crippen LogP contribution in [0.4, 0.5) is 0 Å². The molecule has 0 saturated carbocycles. The molecule has 29 heteroatoms. The van der Waals surface area contributed by atoms with Crippen molar-refractivity contribution in [2.45, 2.75) is 0 Å². The third-order valence-corrected chi connectivity index (χ3v) is 31.3. The second-order valence-electron chi connectivity index (χ2n) is 16.9. The topological polar surface area (TPSA) is 226 Å². The van der Waals surface area contributed by atoms with Crippen molar-refractivity contribution in [2.75, 3.05) is 127 Å². The van der Waals surface area contributed by atoms with E-state index in [1.807, 2.05) is 0 Å². The molecule has 0 aliphatic carbocycles. The molecule has 0 spiro atoms. The number of benzene rings is 3. The van der Waals surface area contributed by atoms with E-state index in [0.717, 1.165) is 0 Å². The molecule has 0 bridgehead atoms. The summed E-state index contributed by atoms with van der Waals surface area (Å²) >= 11 is 0. The Morgan fingerprint density at radius 1 is 0.369 bits per heavy atom. The van der Waals surface area contributed by atoms with Crippen molar-refractivity contribution in [1.29, 1.82) is 0 Å². The van der Waals surface area contributed by atoms with Crippen LogP contribution in [0.2, 0.25) is 0 Å². The molecule has 0 amide bonds. The average molecular weight is 987 g/mol. The zero-order valence-electron chi connectivity index (χ0n) is 40.6. The summed E-state index contributed by atoms with van der Waals surface area (Å²) < 4.78 is 78.6. The molecule has 6 aromatic rings. The summed E-state index contributed by atoms with van der Waals surface area (Å²) in [5.74, 6) is 0.778. The van der Waals surface area contributed by atoms with E-state index in [1.54, 1.807) is 223 Å². The first-order valence-corrected chi connectivity index (χ1v) is 27.5. The molecule has 25 nitrogen and oxygen atoms in total. The fourth-order valence-corrected chi connectivity index (χ4v) is 28.9. The molecule has 362 valence electrons. The van der Waals surface area contributed by atoms with E-state index in [0.29, 0.717) is 33.1 Å². The molecule has 0 saturated heterocycles. The van der Waals surface area contributed by atoms with Crippen LogP contribution in [0, 0.1) is 0 Å². The minimum atomic E-state index is -5.52. The van der Waals surface area contributed by atoms with Gasteiger partial charge in [-0.25, -0.2) is 0 Å². The summed E-state index contributed by atoms with van der Waals surface area (Å²) in [6.45, 7) is 0. The third-order valence-electron chi connectivity index (χ3n) is 11.6. The van der Waals surface area contributed by atoms with Crippen LogP contribution in [0.5, 0.6) is 17.2 Å². The number of hydrogen-bond donors (Lipinski definition) is 3. The van der Waals surface area contributed by atoms with Crippen molar-refractivity contribution in [3.05, 3.63) is 54.6 Å². The van der Waals surface area contributed by atoms with Gasteiger partial charge in [0.25, 0.3) is 0 Å². The van der Waals surface area contributed by atoms with Gasteiger partial charge in [0.15, 0.2) is 0 Å². The monoisotopic (exact) mass is 986 g/mol. The van der Waals surface area contributed by atoms with Gasteiger partial charge in [0.05, 0.1) is 0 Å². The Balaban J connectivity index is 1.79. The zero-order chi connectivity index (χ0) is 48.2. The number of hydrogen-bond acceptors (Lipinski definition) is 22. The van der Waals surface area contributed by atoms with Gasteiger partial charge in [-0.2, -0.15) is 0 Å². The Morgan fingerprint density at radius 2 is 0.585 bits per heavy atom. The molecule has 0 unspecified atom stereocenters. The molecule has 0 atom stereocenters. The summed E-state index contributed by atoms with van der Waals surface area (Å²) in [5, 5.41) is 34.4. The van der Waals surface area contributed by atoms with E-state index in [9.17, 15) is 0 Å². The number of phosphoric acid groups is 1. The molecule has 65 heavy (non-hydrogen) atoms. The molecule has 3 aromatic heterocycles. The second kappa shape index (κ2) is 17.4. The molecule has 0 aliphatic rings. The van der Waals surface area contributed by atoms with Crippen molar-refractivity contribution in [1.82, 2.24) is 88.3 Å². The summed E-state index contributed by atoms with van der Waals surface area (Å²) in [4.78, 5) is 0. The van der Waals surface area contributed by atoms with Crippen LogP contribution < -0.4 is 13.6 Å². The number of H-pyrrole nitrogens is 3. The maximum atomic E-state index is 17.9. The van der Waals surface area contributed by atoms with E-state index >= 15 is 4.57 Å². The quantitative estimate of drug-likeness (QED) is 0.0742. The Hall–Kier alpha value is -3.70. The van der Waals surface area contributed by atoms with Gasteiger partial charge in [-0.1, -0.05) is 0 Å². The normalized spacial score (nSPS) is 16.3. The van der Waals surface area contributed by atoms with Crippen LogP contribution in [-0.2, 0) is 17.5 Å². The number of rotatable bonds is 21. The van der Waals surface area contributed by atoms with E-state index in [1.165, 1.54) is 0 Å². The van der Waals surface area contributed by atoms with Crippen LogP contribution in [0.15, 0.2) is 54.6 Å². The maximum absolute atomic E-state index is 17.9. The van der Waals surface area contributed by atoms with E-state index in [2.05, 4.69) is 46.2 Å². The molecule has 6 rings (SSSR count). The average Bonchev–Trinajstić information content (AvgIpc) is 4.02. The molecule has 0 radical (unpaired) electrons. The molecule has 3 heterocycles. The van der Waals surface area contributed by atoms with Crippen molar-refractivity contribution >= 4 is 63.5 Å². The second-order valence-corrected chi connectivity index (χ2v) is 32.5. The number of nitrogens with one attached hydrogen (secondary N) is 3. The van der Waals surface area contributed by atoms with Crippen LogP contribution >= 0.6 is 30.4 Å². The van der Waals surface area contributed by atoms with Crippen molar-refractivity contribution in [3.8, 4) is 17.2 Å². The summed E-state index contributed by atoms with van der Waals surface area (Å²) in [6.07, 6.45) is 0. The fraction of sp³-hybridized carbons (Fsp3) is 0.500. The molecule has 0 aliphatic heterocycles. The zero-order valence-corrected chi connectivity index (χ0v) is 44.1. The minimum absolute atomic E-state index is 0.259. The van der Waals surface area contributed by atoms with E-state index in [-0.39, 0.29) is 17.2 Å². The summed E-state index contributed by atoms with van der Waals surface area (Å²) in [6, 6.07) is 15.9. The molecule has 3 aromatic carbocycles. The first-order chi connectivity index (χ1) is 30.3. The first kappa shape index (κ1) is 50.7. The van der Waals surface area contributed by atoms with Crippen LogP contribution in [-0.4, -0.2) is 215 Å². The van der Waals surface area contributed by atoms with Gasteiger partial charge in [-0.05, 0) is 0 Å². The van der Waals surface area contributed by atoms with Gasteiger partial charge >= 0.3 is 381 Å². The fourth-order valence-electron chi connectivity index (χ4n) is 8.50. The Kier molecular flexibility index (Phi) is 13.6. The SMILES string of the molecule is CN(C)P(Oc1cccc2n[nH]nc12)(OP(=O)(OP(Oc1cccc2n[nH]nc12)(N(C)C)(N(C)C)N(C)C)OP(Oc1cccc2n[nH]nc12)(N(C)C)(N(C)C)N(C)C)(N(C)C)N(C)C. The van der Waals surface area contributed by atoms with Crippen LogP contribution in [0.3, 0.4) is 0 Å². The number of fused-ring (bicyclic) bond motifs is 3. The predicted molar refractivity (Wildman–Crippen MR) is 258 cm³/mol. The molecule has 3 N–H and O–H groups in total. The Labute approximate surface area is 380 Å². The number of para-hydroxylation sites is 3. The molecular formula is C36H66N18O7P4. The number of aromatic amines is 3. The van der Waals surface area contributed by atoms with Crippen molar-refractivity contribution in [2.24, 2.45) is 0 Å². The van der Waals surface area contributed by atoms with Crippen LogP contribution in [0.25, 0.3) is 33.1 Å². The van der Waals surface area contributed by atoms with E-state index in [4.69, 9.17) is 26.5 Å². The number of aromatic nitrogens is 9. The first-order valence-electron chi connectivity index (χ1n) is 20.2.